The minimum absolute atomic E-state index is 0.155. The standard InChI is InChI=1S/C22H27ClFN5O3Si/c1-10(2)32-19-15(33(4)22-27-11(3)18-20(25)26-5-6-29(18)22)9-14(23)17(24)16(19)21(31)28-12-7-13(30)8-12/h5-6,9-10,12-13,30,33H,7-8H2,1-4H3,(H2,25,26)(H,28,31)/t12-,13-,33-/m0/s1. The van der Waals surface area contributed by atoms with Crippen LogP contribution in [0.3, 0.4) is 0 Å². The molecule has 0 saturated heterocycles. The van der Waals surface area contributed by atoms with Crippen molar-refractivity contribution >= 4 is 48.3 Å². The van der Waals surface area contributed by atoms with E-state index >= 15 is 4.39 Å². The maximum absolute atomic E-state index is 15.2. The van der Waals surface area contributed by atoms with Gasteiger partial charge in [0.1, 0.15) is 31.4 Å². The molecule has 1 aliphatic rings. The minimum Gasteiger partial charge on any atom is -0.490 e. The number of fused-ring (bicyclic) bond motifs is 1. The second-order valence-electron chi connectivity index (χ2n) is 8.74. The third-order valence-electron chi connectivity index (χ3n) is 5.87. The molecule has 0 spiro atoms. The number of aromatic nitrogens is 3. The molecule has 0 unspecified atom stereocenters. The molecular formula is C22H27ClFN5O3Si. The van der Waals surface area contributed by atoms with Gasteiger partial charge in [-0.05, 0) is 44.9 Å². The number of aliphatic hydroxyl groups excluding tert-OH is 1. The van der Waals surface area contributed by atoms with Crippen molar-refractivity contribution in [3.05, 3.63) is 40.6 Å². The number of hydrogen-bond donors (Lipinski definition) is 3. The van der Waals surface area contributed by atoms with Crippen LogP contribution < -0.4 is 26.4 Å². The number of benzene rings is 1. The maximum Gasteiger partial charge on any atom is 0.258 e. The quantitative estimate of drug-likeness (QED) is 0.449. The van der Waals surface area contributed by atoms with Crippen LogP contribution in [0, 0.1) is 12.7 Å². The number of aryl methyl sites for hydroxylation is 1. The van der Waals surface area contributed by atoms with Gasteiger partial charge in [-0.25, -0.2) is 14.4 Å². The summed E-state index contributed by atoms with van der Waals surface area (Å²) in [6.45, 7) is 7.50. The highest BCUT2D eigenvalue weighted by molar-refractivity contribution is 6.84. The highest BCUT2D eigenvalue weighted by Gasteiger charge is 2.34. The van der Waals surface area contributed by atoms with Gasteiger partial charge in [-0.3, -0.25) is 4.79 Å². The second kappa shape index (κ2) is 8.92. The van der Waals surface area contributed by atoms with E-state index in [1.807, 2.05) is 31.7 Å². The predicted molar refractivity (Wildman–Crippen MR) is 128 cm³/mol. The largest absolute Gasteiger partial charge is 0.490 e. The fourth-order valence-corrected chi connectivity index (χ4v) is 6.83. The minimum atomic E-state index is -2.15. The number of nitrogen functional groups attached to an aromatic ring is 1. The molecule has 176 valence electrons. The van der Waals surface area contributed by atoms with Crippen molar-refractivity contribution in [1.29, 1.82) is 0 Å². The summed E-state index contributed by atoms with van der Waals surface area (Å²) in [5.41, 5.74) is 8.06. The number of hydrogen-bond acceptors (Lipinski definition) is 6. The molecule has 4 N–H and O–H groups in total. The topological polar surface area (TPSA) is 115 Å². The fraction of sp³-hybridized carbons (Fsp3) is 0.409. The lowest BCUT2D eigenvalue weighted by molar-refractivity contribution is 0.0559. The van der Waals surface area contributed by atoms with E-state index in [4.69, 9.17) is 27.1 Å². The Morgan fingerprint density at radius 3 is 2.79 bits per heavy atom. The summed E-state index contributed by atoms with van der Waals surface area (Å²) >= 11 is 6.27. The molecule has 1 amide bonds. The molecule has 0 bridgehead atoms. The lowest BCUT2D eigenvalue weighted by atomic mass is 9.89. The maximum atomic E-state index is 15.2. The molecule has 2 heterocycles. The van der Waals surface area contributed by atoms with E-state index in [0.717, 1.165) is 11.1 Å². The second-order valence-corrected chi connectivity index (χ2v) is 11.7. The summed E-state index contributed by atoms with van der Waals surface area (Å²) < 4.78 is 23.1. The van der Waals surface area contributed by atoms with Gasteiger partial charge in [0.05, 0.1) is 28.4 Å². The number of imidazole rings is 1. The van der Waals surface area contributed by atoms with Gasteiger partial charge in [0.25, 0.3) is 5.91 Å². The van der Waals surface area contributed by atoms with Gasteiger partial charge in [0.2, 0.25) is 0 Å². The smallest absolute Gasteiger partial charge is 0.258 e. The van der Waals surface area contributed by atoms with Gasteiger partial charge in [-0.15, -0.1) is 0 Å². The van der Waals surface area contributed by atoms with Gasteiger partial charge < -0.3 is 25.3 Å². The number of nitrogens with two attached hydrogens (primary N) is 1. The summed E-state index contributed by atoms with van der Waals surface area (Å²) in [7, 11) is -2.15. The van der Waals surface area contributed by atoms with Crippen molar-refractivity contribution < 1.29 is 19.0 Å². The molecule has 2 aromatic heterocycles. The Labute approximate surface area is 197 Å². The number of nitrogens with one attached hydrogen (secondary N) is 1. The van der Waals surface area contributed by atoms with Crippen molar-refractivity contribution in [3.63, 3.8) is 0 Å². The summed E-state index contributed by atoms with van der Waals surface area (Å²) in [5, 5.41) is 12.8. The van der Waals surface area contributed by atoms with Crippen LogP contribution in [-0.4, -0.2) is 52.4 Å². The molecule has 33 heavy (non-hydrogen) atoms. The first kappa shape index (κ1) is 23.5. The van der Waals surface area contributed by atoms with Crippen LogP contribution >= 0.6 is 11.6 Å². The average molecular weight is 492 g/mol. The molecule has 8 nitrogen and oxygen atoms in total. The summed E-state index contributed by atoms with van der Waals surface area (Å²) in [5.74, 6) is -0.886. The first-order chi connectivity index (χ1) is 15.6. The normalized spacial score (nSPS) is 18.9. The van der Waals surface area contributed by atoms with Gasteiger partial charge in [-0.1, -0.05) is 18.1 Å². The first-order valence-electron chi connectivity index (χ1n) is 10.8. The van der Waals surface area contributed by atoms with E-state index in [0.29, 0.717) is 29.4 Å². The van der Waals surface area contributed by atoms with E-state index in [2.05, 4.69) is 10.3 Å². The molecule has 11 heteroatoms. The van der Waals surface area contributed by atoms with Gasteiger partial charge in [0, 0.05) is 18.4 Å². The summed E-state index contributed by atoms with van der Waals surface area (Å²) in [4.78, 5) is 22.0. The molecule has 1 saturated carbocycles. The average Bonchev–Trinajstić information content (AvgIpc) is 3.06. The van der Waals surface area contributed by atoms with Crippen molar-refractivity contribution in [1.82, 2.24) is 19.7 Å². The predicted octanol–water partition coefficient (Wildman–Crippen LogP) is 1.42. The molecule has 3 aromatic rings. The van der Waals surface area contributed by atoms with E-state index in [1.165, 1.54) is 6.07 Å². The van der Waals surface area contributed by atoms with Crippen LogP contribution in [0.1, 0.15) is 42.7 Å². The van der Waals surface area contributed by atoms with E-state index in [9.17, 15) is 9.90 Å². The lowest BCUT2D eigenvalue weighted by Gasteiger charge is -2.32. The number of amides is 1. The zero-order valence-corrected chi connectivity index (χ0v) is 20.8. The number of aliphatic hydroxyl groups is 1. The Morgan fingerprint density at radius 2 is 2.15 bits per heavy atom. The monoisotopic (exact) mass is 491 g/mol. The molecule has 4 rings (SSSR count). The number of halogens is 2. The lowest BCUT2D eigenvalue weighted by Crippen LogP contribution is -2.48. The number of carbonyl (C=O) groups is 1. The molecule has 0 radical (unpaired) electrons. The first-order valence-corrected chi connectivity index (χ1v) is 13.5. The molecule has 1 atom stereocenters. The van der Waals surface area contributed by atoms with E-state index in [1.54, 1.807) is 12.4 Å². The fourth-order valence-electron chi connectivity index (χ4n) is 4.19. The zero-order valence-electron chi connectivity index (χ0n) is 18.9. The van der Waals surface area contributed by atoms with Crippen LogP contribution in [0.25, 0.3) is 5.52 Å². The number of anilines is 1. The number of rotatable bonds is 6. The van der Waals surface area contributed by atoms with Gasteiger partial charge >= 0.3 is 0 Å². The van der Waals surface area contributed by atoms with Crippen molar-refractivity contribution in [3.8, 4) is 5.75 Å². The summed E-state index contributed by atoms with van der Waals surface area (Å²) in [6, 6.07) is 1.32. The van der Waals surface area contributed by atoms with Crippen LogP contribution in [0.5, 0.6) is 5.75 Å². The van der Waals surface area contributed by atoms with Gasteiger partial charge in [-0.2, -0.15) is 0 Å². The molecule has 1 fully saturated rings. The SMILES string of the molecule is Cc1nc([Si@@H](C)c2cc(Cl)c(F)c(C(=O)N[C@H]3C[C@H](O)C3)c2OC(C)C)n2ccnc(N)c12. The highest BCUT2D eigenvalue weighted by atomic mass is 35.5. The summed E-state index contributed by atoms with van der Waals surface area (Å²) in [6.07, 6.45) is 3.49. The third kappa shape index (κ3) is 4.30. The molecule has 1 aliphatic carbocycles. The van der Waals surface area contributed by atoms with Gasteiger partial charge in [0.15, 0.2) is 5.82 Å². The number of carbonyl (C=O) groups excluding carboxylic acids is 1. The molecular weight excluding hydrogens is 465 g/mol. The molecule has 1 aromatic carbocycles. The van der Waals surface area contributed by atoms with Crippen LogP contribution in [0.15, 0.2) is 18.5 Å². The Bertz CT molecular complexity index is 1230. The van der Waals surface area contributed by atoms with Crippen LogP contribution in [0.4, 0.5) is 10.2 Å². The number of ether oxygens (including phenoxy) is 1. The molecule has 0 aliphatic heterocycles. The van der Waals surface area contributed by atoms with Crippen molar-refractivity contribution in [2.75, 3.05) is 5.73 Å². The highest BCUT2D eigenvalue weighted by Crippen LogP contribution is 2.29. The zero-order chi connectivity index (χ0) is 24.0. The Balaban J connectivity index is 1.85. The number of nitrogens with zero attached hydrogens (tertiary/aromatic N) is 3. The Hall–Kier alpha value is -2.69. The van der Waals surface area contributed by atoms with E-state index < -0.39 is 26.6 Å². The Kier molecular flexibility index (Phi) is 6.34. The van der Waals surface area contributed by atoms with Crippen molar-refractivity contribution in [2.45, 2.75) is 58.4 Å². The third-order valence-corrected chi connectivity index (χ3v) is 8.69. The van der Waals surface area contributed by atoms with Crippen LogP contribution in [0.2, 0.25) is 11.6 Å². The van der Waals surface area contributed by atoms with Crippen molar-refractivity contribution in [2.24, 2.45) is 0 Å². The van der Waals surface area contributed by atoms with E-state index in [-0.39, 0.29) is 28.5 Å². The van der Waals surface area contributed by atoms with Crippen LogP contribution in [-0.2, 0) is 0 Å². The Morgan fingerprint density at radius 1 is 1.45 bits per heavy atom.